The largest absolute Gasteiger partial charge is 0.508 e. The van der Waals surface area contributed by atoms with Crippen LogP contribution in [-0.2, 0) is 6.54 Å². The highest BCUT2D eigenvalue weighted by molar-refractivity contribution is 5.95. The van der Waals surface area contributed by atoms with Crippen LogP contribution in [0.5, 0.6) is 23.0 Å². The SMILES string of the molecule is O=C(NCc1ccc2c(c1)OCO2)c1cc(O)cc(O)c1. The van der Waals surface area contributed by atoms with Crippen LogP contribution >= 0.6 is 0 Å². The number of phenolic OH excluding ortho intramolecular Hbond substituents is 2. The molecule has 1 aliphatic rings. The van der Waals surface area contributed by atoms with E-state index in [1.54, 1.807) is 12.1 Å². The molecular formula is C15H13NO5. The van der Waals surface area contributed by atoms with Crippen molar-refractivity contribution in [2.24, 2.45) is 0 Å². The van der Waals surface area contributed by atoms with Gasteiger partial charge in [0.15, 0.2) is 11.5 Å². The van der Waals surface area contributed by atoms with Crippen molar-refractivity contribution in [2.75, 3.05) is 6.79 Å². The zero-order valence-corrected chi connectivity index (χ0v) is 11.0. The number of amides is 1. The predicted octanol–water partition coefficient (Wildman–Crippen LogP) is 1.76. The van der Waals surface area contributed by atoms with Crippen molar-refractivity contribution >= 4 is 5.91 Å². The minimum absolute atomic E-state index is 0.164. The van der Waals surface area contributed by atoms with Gasteiger partial charge in [-0.2, -0.15) is 0 Å². The molecule has 2 aromatic carbocycles. The maximum absolute atomic E-state index is 12.0. The van der Waals surface area contributed by atoms with E-state index in [1.807, 2.05) is 6.07 Å². The average Bonchev–Trinajstić information content (AvgIpc) is 2.91. The third-order valence-electron chi connectivity index (χ3n) is 3.05. The highest BCUT2D eigenvalue weighted by Crippen LogP contribution is 2.32. The number of ether oxygens (including phenoxy) is 2. The highest BCUT2D eigenvalue weighted by Gasteiger charge is 2.14. The van der Waals surface area contributed by atoms with E-state index in [0.717, 1.165) is 11.6 Å². The molecule has 2 aromatic rings. The Morgan fingerprint density at radius 2 is 1.76 bits per heavy atom. The molecule has 0 bridgehead atoms. The van der Waals surface area contributed by atoms with E-state index in [4.69, 9.17) is 9.47 Å². The maximum Gasteiger partial charge on any atom is 0.251 e. The van der Waals surface area contributed by atoms with Crippen LogP contribution in [0, 0.1) is 0 Å². The van der Waals surface area contributed by atoms with Gasteiger partial charge in [-0.1, -0.05) is 6.07 Å². The second-order valence-electron chi connectivity index (χ2n) is 4.61. The first-order chi connectivity index (χ1) is 10.1. The number of rotatable bonds is 3. The van der Waals surface area contributed by atoms with Crippen molar-refractivity contribution < 1.29 is 24.5 Å². The molecule has 0 aromatic heterocycles. The Balaban J connectivity index is 1.68. The normalized spacial score (nSPS) is 12.2. The number of carbonyl (C=O) groups is 1. The maximum atomic E-state index is 12.0. The van der Waals surface area contributed by atoms with Crippen LogP contribution in [0.4, 0.5) is 0 Å². The molecule has 3 N–H and O–H groups in total. The van der Waals surface area contributed by atoms with E-state index in [2.05, 4.69) is 5.32 Å². The number of hydrogen-bond acceptors (Lipinski definition) is 5. The van der Waals surface area contributed by atoms with Crippen LogP contribution in [0.1, 0.15) is 15.9 Å². The lowest BCUT2D eigenvalue weighted by Gasteiger charge is -2.07. The molecule has 6 heteroatoms. The lowest BCUT2D eigenvalue weighted by Crippen LogP contribution is -2.22. The van der Waals surface area contributed by atoms with Crippen molar-refractivity contribution in [3.8, 4) is 23.0 Å². The van der Waals surface area contributed by atoms with Crippen LogP contribution in [0.3, 0.4) is 0 Å². The Hall–Kier alpha value is -2.89. The van der Waals surface area contributed by atoms with Gasteiger partial charge >= 0.3 is 0 Å². The summed E-state index contributed by atoms with van der Waals surface area (Å²) in [5, 5.41) is 21.4. The third-order valence-corrected chi connectivity index (χ3v) is 3.05. The first-order valence-corrected chi connectivity index (χ1v) is 6.31. The molecular weight excluding hydrogens is 274 g/mol. The number of aromatic hydroxyl groups is 2. The Labute approximate surface area is 120 Å². The van der Waals surface area contributed by atoms with Crippen LogP contribution in [0.15, 0.2) is 36.4 Å². The first-order valence-electron chi connectivity index (χ1n) is 6.31. The van der Waals surface area contributed by atoms with Gasteiger partial charge < -0.3 is 25.0 Å². The quantitative estimate of drug-likeness (QED) is 0.800. The summed E-state index contributed by atoms with van der Waals surface area (Å²) >= 11 is 0. The van der Waals surface area contributed by atoms with Crippen LogP contribution < -0.4 is 14.8 Å². The Morgan fingerprint density at radius 3 is 2.52 bits per heavy atom. The topological polar surface area (TPSA) is 88.0 Å². The molecule has 6 nitrogen and oxygen atoms in total. The molecule has 1 aliphatic heterocycles. The standard InChI is InChI=1S/C15H13NO5/c17-11-4-10(5-12(18)6-11)15(19)16-7-9-1-2-13-14(3-9)21-8-20-13/h1-6,17-18H,7-8H2,(H,16,19). The summed E-state index contributed by atoms with van der Waals surface area (Å²) in [6.07, 6.45) is 0. The predicted molar refractivity (Wildman–Crippen MR) is 73.5 cm³/mol. The van der Waals surface area contributed by atoms with E-state index in [-0.39, 0.29) is 29.8 Å². The van der Waals surface area contributed by atoms with E-state index in [0.29, 0.717) is 18.0 Å². The summed E-state index contributed by atoms with van der Waals surface area (Å²) in [7, 11) is 0. The summed E-state index contributed by atoms with van der Waals surface area (Å²) in [6, 6.07) is 9.14. The molecule has 0 radical (unpaired) electrons. The fourth-order valence-electron chi connectivity index (χ4n) is 2.06. The summed E-state index contributed by atoms with van der Waals surface area (Å²) in [6.45, 7) is 0.500. The highest BCUT2D eigenvalue weighted by atomic mass is 16.7. The molecule has 0 aliphatic carbocycles. The van der Waals surface area contributed by atoms with Gasteiger partial charge in [0.25, 0.3) is 5.91 Å². The summed E-state index contributed by atoms with van der Waals surface area (Å²) in [4.78, 5) is 12.0. The van der Waals surface area contributed by atoms with Crippen molar-refractivity contribution in [1.82, 2.24) is 5.32 Å². The smallest absolute Gasteiger partial charge is 0.251 e. The van der Waals surface area contributed by atoms with Gasteiger partial charge in [0, 0.05) is 18.2 Å². The van der Waals surface area contributed by atoms with Gasteiger partial charge in [0.1, 0.15) is 11.5 Å². The van der Waals surface area contributed by atoms with Gasteiger partial charge in [-0.25, -0.2) is 0 Å². The van der Waals surface area contributed by atoms with Crippen LogP contribution in [0.2, 0.25) is 0 Å². The van der Waals surface area contributed by atoms with Crippen molar-refractivity contribution in [2.45, 2.75) is 6.54 Å². The van der Waals surface area contributed by atoms with Gasteiger partial charge in [-0.3, -0.25) is 4.79 Å². The van der Waals surface area contributed by atoms with Crippen LogP contribution in [0.25, 0.3) is 0 Å². The zero-order chi connectivity index (χ0) is 14.8. The number of fused-ring (bicyclic) bond motifs is 1. The monoisotopic (exact) mass is 287 g/mol. The summed E-state index contributed by atoms with van der Waals surface area (Å²) in [5.41, 5.74) is 1.05. The molecule has 0 fully saturated rings. The Kier molecular flexibility index (Phi) is 3.27. The third kappa shape index (κ3) is 2.84. The number of nitrogens with one attached hydrogen (secondary N) is 1. The second kappa shape index (κ2) is 5.24. The Morgan fingerprint density at radius 1 is 1.05 bits per heavy atom. The average molecular weight is 287 g/mol. The molecule has 0 unspecified atom stereocenters. The molecule has 21 heavy (non-hydrogen) atoms. The fourth-order valence-corrected chi connectivity index (χ4v) is 2.06. The molecule has 3 rings (SSSR count). The van der Waals surface area contributed by atoms with E-state index in [1.165, 1.54) is 12.1 Å². The van der Waals surface area contributed by atoms with Gasteiger partial charge in [0.05, 0.1) is 0 Å². The summed E-state index contributed by atoms with van der Waals surface area (Å²) < 4.78 is 10.5. The zero-order valence-electron chi connectivity index (χ0n) is 11.0. The lowest BCUT2D eigenvalue weighted by atomic mass is 10.1. The molecule has 1 heterocycles. The molecule has 0 spiro atoms. The molecule has 0 saturated carbocycles. The number of phenols is 2. The van der Waals surface area contributed by atoms with Crippen molar-refractivity contribution in [3.05, 3.63) is 47.5 Å². The minimum atomic E-state index is -0.390. The number of hydrogen-bond donors (Lipinski definition) is 3. The lowest BCUT2D eigenvalue weighted by molar-refractivity contribution is 0.0950. The second-order valence-corrected chi connectivity index (χ2v) is 4.61. The molecule has 0 saturated heterocycles. The van der Waals surface area contributed by atoms with Crippen LogP contribution in [-0.4, -0.2) is 22.9 Å². The number of carbonyl (C=O) groups excluding carboxylic acids is 1. The molecule has 1 amide bonds. The summed E-state index contributed by atoms with van der Waals surface area (Å²) in [5.74, 6) is 0.616. The van der Waals surface area contributed by atoms with Crippen molar-refractivity contribution in [1.29, 1.82) is 0 Å². The van der Waals surface area contributed by atoms with E-state index in [9.17, 15) is 15.0 Å². The first kappa shape index (κ1) is 13.1. The minimum Gasteiger partial charge on any atom is -0.508 e. The van der Waals surface area contributed by atoms with Gasteiger partial charge in [-0.05, 0) is 29.8 Å². The Bertz CT molecular complexity index is 678. The van der Waals surface area contributed by atoms with Gasteiger partial charge in [0.2, 0.25) is 6.79 Å². The molecule has 0 atom stereocenters. The van der Waals surface area contributed by atoms with Gasteiger partial charge in [-0.15, -0.1) is 0 Å². The van der Waals surface area contributed by atoms with Crippen molar-refractivity contribution in [3.63, 3.8) is 0 Å². The molecule has 108 valence electrons. The van der Waals surface area contributed by atoms with E-state index < -0.39 is 0 Å². The van der Waals surface area contributed by atoms with E-state index >= 15 is 0 Å². The number of benzene rings is 2. The fraction of sp³-hybridized carbons (Fsp3) is 0.133.